The molecule has 0 saturated heterocycles. The molecule has 17 heavy (non-hydrogen) atoms. The first-order valence-electron chi connectivity index (χ1n) is 5.80. The summed E-state index contributed by atoms with van der Waals surface area (Å²) in [6.07, 6.45) is -0.257. The van der Waals surface area contributed by atoms with Gasteiger partial charge in [-0.25, -0.2) is 4.79 Å². The van der Waals surface area contributed by atoms with Gasteiger partial charge in [-0.1, -0.05) is 29.8 Å². The van der Waals surface area contributed by atoms with Gasteiger partial charge in [-0.05, 0) is 38.3 Å². The summed E-state index contributed by atoms with van der Waals surface area (Å²) in [7, 11) is 0. The van der Waals surface area contributed by atoms with Crippen molar-refractivity contribution in [3.8, 4) is 0 Å². The Morgan fingerprint density at radius 1 is 1.29 bits per heavy atom. The molecule has 0 saturated carbocycles. The minimum absolute atomic E-state index is 0.257. The van der Waals surface area contributed by atoms with Crippen LogP contribution in [0, 0.1) is 6.92 Å². The van der Waals surface area contributed by atoms with Crippen molar-refractivity contribution in [2.75, 3.05) is 13.2 Å². The van der Waals surface area contributed by atoms with Gasteiger partial charge in [0.05, 0.1) is 6.61 Å². The normalized spacial score (nSPS) is 10.1. The highest BCUT2D eigenvalue weighted by Crippen LogP contribution is 2.18. The second kappa shape index (κ2) is 7.22. The van der Waals surface area contributed by atoms with E-state index in [1.165, 1.54) is 23.1 Å². The molecule has 0 bridgehead atoms. The Labute approximate surface area is 107 Å². The van der Waals surface area contributed by atoms with E-state index in [1.54, 1.807) is 4.31 Å². The van der Waals surface area contributed by atoms with Crippen molar-refractivity contribution in [2.45, 2.75) is 26.5 Å². The molecule has 4 heteroatoms. The number of carbonyl (C=O) groups excluding carboxylic acids is 1. The maximum Gasteiger partial charge on any atom is 0.419 e. The van der Waals surface area contributed by atoms with Crippen LogP contribution in [-0.2, 0) is 10.5 Å². The fourth-order valence-corrected chi connectivity index (χ4v) is 2.14. The van der Waals surface area contributed by atoms with Crippen molar-refractivity contribution in [3.05, 3.63) is 35.4 Å². The molecule has 0 aliphatic heterocycles. The van der Waals surface area contributed by atoms with Crippen LogP contribution >= 0.6 is 11.9 Å². The predicted molar refractivity (Wildman–Crippen MR) is 71.9 cm³/mol. The lowest BCUT2D eigenvalue weighted by Crippen LogP contribution is -2.25. The van der Waals surface area contributed by atoms with Gasteiger partial charge in [0.1, 0.15) is 0 Å². The van der Waals surface area contributed by atoms with Gasteiger partial charge in [0.15, 0.2) is 0 Å². The second-order valence-corrected chi connectivity index (χ2v) is 4.64. The van der Waals surface area contributed by atoms with Crippen LogP contribution in [0.3, 0.4) is 0 Å². The molecule has 0 spiro atoms. The third-order valence-electron chi connectivity index (χ3n) is 2.27. The van der Waals surface area contributed by atoms with Crippen molar-refractivity contribution in [1.82, 2.24) is 4.31 Å². The summed E-state index contributed by atoms with van der Waals surface area (Å²) in [6.45, 7) is 6.89. The molecule has 1 aromatic carbocycles. The third-order valence-corrected chi connectivity index (χ3v) is 3.45. The van der Waals surface area contributed by atoms with Crippen molar-refractivity contribution >= 4 is 18.0 Å². The van der Waals surface area contributed by atoms with Crippen molar-refractivity contribution in [1.29, 1.82) is 0 Å². The topological polar surface area (TPSA) is 29.5 Å². The molecule has 0 atom stereocenters. The number of nitrogens with zero attached hydrogens (tertiary/aromatic N) is 1. The summed E-state index contributed by atoms with van der Waals surface area (Å²) in [5.74, 6) is 0.785. The molecule has 0 unspecified atom stereocenters. The molecule has 1 aromatic rings. The van der Waals surface area contributed by atoms with Gasteiger partial charge in [-0.15, -0.1) is 0 Å². The summed E-state index contributed by atoms with van der Waals surface area (Å²) >= 11 is 1.49. The van der Waals surface area contributed by atoms with Gasteiger partial charge >= 0.3 is 6.09 Å². The minimum atomic E-state index is -0.257. The quantitative estimate of drug-likeness (QED) is 0.751. The molecule has 0 aliphatic carbocycles. The second-order valence-electron chi connectivity index (χ2n) is 3.65. The summed E-state index contributed by atoms with van der Waals surface area (Å²) in [5, 5.41) is 0. The highest BCUT2D eigenvalue weighted by atomic mass is 32.2. The maximum absolute atomic E-state index is 11.5. The van der Waals surface area contributed by atoms with E-state index in [-0.39, 0.29) is 6.09 Å². The van der Waals surface area contributed by atoms with Crippen LogP contribution in [0.15, 0.2) is 24.3 Å². The smallest absolute Gasteiger partial charge is 0.419 e. The van der Waals surface area contributed by atoms with Crippen LogP contribution in [-0.4, -0.2) is 23.6 Å². The van der Waals surface area contributed by atoms with Crippen LogP contribution in [0.4, 0.5) is 4.79 Å². The number of benzene rings is 1. The molecular formula is C13H19NO2S. The van der Waals surface area contributed by atoms with Gasteiger partial charge in [0.25, 0.3) is 0 Å². The predicted octanol–water partition coefficient (Wildman–Crippen LogP) is 3.62. The van der Waals surface area contributed by atoms with E-state index in [2.05, 4.69) is 31.2 Å². The third kappa shape index (κ3) is 4.69. The van der Waals surface area contributed by atoms with Crippen molar-refractivity contribution in [3.63, 3.8) is 0 Å². The summed E-state index contributed by atoms with van der Waals surface area (Å²) in [5.41, 5.74) is 2.46. The van der Waals surface area contributed by atoms with Crippen LogP contribution in [0.5, 0.6) is 0 Å². The largest absolute Gasteiger partial charge is 0.449 e. The molecule has 0 N–H and O–H groups in total. The molecule has 0 aliphatic rings. The lowest BCUT2D eigenvalue weighted by atomic mass is 10.2. The number of carbonyl (C=O) groups is 1. The fraction of sp³-hybridized carbons (Fsp3) is 0.462. The van der Waals surface area contributed by atoms with Crippen molar-refractivity contribution in [2.24, 2.45) is 0 Å². The van der Waals surface area contributed by atoms with Gasteiger partial charge < -0.3 is 4.74 Å². The maximum atomic E-state index is 11.5. The number of rotatable bonds is 5. The highest BCUT2D eigenvalue weighted by molar-refractivity contribution is 7.96. The SMILES string of the molecule is CCOC(=O)N(CC)SCc1ccc(C)cc1. The molecule has 3 nitrogen and oxygen atoms in total. The van der Waals surface area contributed by atoms with E-state index < -0.39 is 0 Å². The Hall–Kier alpha value is -1.16. The van der Waals surface area contributed by atoms with E-state index in [1.807, 2.05) is 13.8 Å². The lowest BCUT2D eigenvalue weighted by molar-refractivity contribution is 0.135. The van der Waals surface area contributed by atoms with E-state index in [9.17, 15) is 4.79 Å². The summed E-state index contributed by atoms with van der Waals surface area (Å²) in [4.78, 5) is 11.5. The average molecular weight is 253 g/mol. The Bertz CT molecular complexity index is 351. The molecule has 0 aromatic heterocycles. The zero-order valence-electron chi connectivity index (χ0n) is 10.6. The zero-order valence-corrected chi connectivity index (χ0v) is 11.4. The number of hydrogen-bond acceptors (Lipinski definition) is 3. The van der Waals surface area contributed by atoms with E-state index in [0.29, 0.717) is 13.2 Å². The molecule has 0 fully saturated rings. The van der Waals surface area contributed by atoms with Gasteiger partial charge in [-0.3, -0.25) is 4.31 Å². The minimum Gasteiger partial charge on any atom is -0.449 e. The summed E-state index contributed by atoms with van der Waals surface area (Å²) in [6, 6.07) is 8.33. The van der Waals surface area contributed by atoms with Crippen LogP contribution < -0.4 is 0 Å². The Kier molecular flexibility index (Phi) is 5.91. The first-order valence-corrected chi connectivity index (χ1v) is 6.74. The number of hydrogen-bond donors (Lipinski definition) is 0. The van der Waals surface area contributed by atoms with E-state index >= 15 is 0 Å². The van der Waals surface area contributed by atoms with Gasteiger partial charge in [0, 0.05) is 12.3 Å². The van der Waals surface area contributed by atoms with Crippen LogP contribution in [0.2, 0.25) is 0 Å². The number of amides is 1. The monoisotopic (exact) mass is 253 g/mol. The molecule has 0 heterocycles. The first kappa shape index (κ1) is 13.9. The summed E-state index contributed by atoms with van der Waals surface area (Å²) < 4.78 is 6.61. The fourth-order valence-electron chi connectivity index (χ4n) is 1.31. The average Bonchev–Trinajstić information content (AvgIpc) is 2.32. The number of aryl methyl sites for hydroxylation is 1. The molecule has 1 amide bonds. The van der Waals surface area contributed by atoms with Gasteiger partial charge in [-0.2, -0.15) is 0 Å². The first-order chi connectivity index (χ1) is 8.17. The Morgan fingerprint density at radius 3 is 2.47 bits per heavy atom. The molecule has 0 radical (unpaired) electrons. The van der Waals surface area contributed by atoms with Gasteiger partial charge in [0.2, 0.25) is 0 Å². The number of ether oxygens (including phenoxy) is 1. The van der Waals surface area contributed by atoms with Crippen LogP contribution in [0.25, 0.3) is 0 Å². The van der Waals surface area contributed by atoms with E-state index in [0.717, 1.165) is 5.75 Å². The zero-order chi connectivity index (χ0) is 12.7. The Balaban J connectivity index is 2.47. The molecule has 94 valence electrons. The van der Waals surface area contributed by atoms with Crippen LogP contribution in [0.1, 0.15) is 25.0 Å². The standard InChI is InChI=1S/C13H19NO2S/c1-4-14(13(15)16-5-2)17-10-12-8-6-11(3)7-9-12/h6-9H,4-5,10H2,1-3H3. The molecule has 1 rings (SSSR count). The van der Waals surface area contributed by atoms with Crippen molar-refractivity contribution < 1.29 is 9.53 Å². The molecular weight excluding hydrogens is 234 g/mol. The van der Waals surface area contributed by atoms with E-state index in [4.69, 9.17) is 4.74 Å². The highest BCUT2D eigenvalue weighted by Gasteiger charge is 2.12. The Morgan fingerprint density at radius 2 is 1.94 bits per heavy atom. The lowest BCUT2D eigenvalue weighted by Gasteiger charge is -2.18.